The van der Waals surface area contributed by atoms with Crippen LogP contribution in [0.15, 0.2) is 42.6 Å². The van der Waals surface area contributed by atoms with E-state index in [2.05, 4.69) is 10.3 Å². The first kappa shape index (κ1) is 21.0. The third-order valence-electron chi connectivity index (χ3n) is 4.46. The standard InChI is InChI=1S/C20H21ClN4O3S/c1-2-28-19(27)15-12-16(21)17(22-13-15)24-8-10-25(11-9-24)20(29)23-18(26)14-6-4-3-5-7-14/h3-7,12-13H,2,8-11H2,1H3,(H,23,26,29). The number of piperazine rings is 1. The highest BCUT2D eigenvalue weighted by atomic mass is 35.5. The van der Waals surface area contributed by atoms with Gasteiger partial charge in [-0.3, -0.25) is 10.1 Å². The van der Waals surface area contributed by atoms with E-state index in [-0.39, 0.29) is 5.91 Å². The number of esters is 1. The number of carbonyl (C=O) groups excluding carboxylic acids is 2. The Labute approximate surface area is 179 Å². The largest absolute Gasteiger partial charge is 0.462 e. The van der Waals surface area contributed by atoms with Crippen LogP contribution in [0.25, 0.3) is 0 Å². The summed E-state index contributed by atoms with van der Waals surface area (Å²) in [6, 6.07) is 10.5. The lowest BCUT2D eigenvalue weighted by Gasteiger charge is -2.36. The minimum Gasteiger partial charge on any atom is -0.462 e. The van der Waals surface area contributed by atoms with Crippen LogP contribution in [0.1, 0.15) is 27.6 Å². The number of aromatic nitrogens is 1. The molecule has 0 unspecified atom stereocenters. The molecule has 7 nitrogen and oxygen atoms in total. The minimum atomic E-state index is -0.447. The van der Waals surface area contributed by atoms with Crippen LogP contribution < -0.4 is 10.2 Å². The molecule has 1 amide bonds. The van der Waals surface area contributed by atoms with Crippen LogP contribution in [0.2, 0.25) is 5.02 Å². The number of nitrogens with one attached hydrogen (secondary N) is 1. The molecule has 0 bridgehead atoms. The lowest BCUT2D eigenvalue weighted by molar-refractivity contribution is 0.0525. The van der Waals surface area contributed by atoms with Crippen molar-refractivity contribution in [3.63, 3.8) is 0 Å². The van der Waals surface area contributed by atoms with Crippen molar-refractivity contribution in [2.45, 2.75) is 6.92 Å². The van der Waals surface area contributed by atoms with Gasteiger partial charge in [0.15, 0.2) is 5.11 Å². The van der Waals surface area contributed by atoms with Crippen molar-refractivity contribution in [1.82, 2.24) is 15.2 Å². The average Bonchev–Trinajstić information content (AvgIpc) is 2.74. The van der Waals surface area contributed by atoms with E-state index in [1.54, 1.807) is 37.3 Å². The van der Waals surface area contributed by atoms with Gasteiger partial charge >= 0.3 is 5.97 Å². The summed E-state index contributed by atoms with van der Waals surface area (Å²) in [5.74, 6) is -0.0614. The second-order valence-electron chi connectivity index (χ2n) is 6.35. The highest BCUT2D eigenvalue weighted by Gasteiger charge is 2.23. The van der Waals surface area contributed by atoms with Gasteiger partial charge in [-0.05, 0) is 37.3 Å². The summed E-state index contributed by atoms with van der Waals surface area (Å²) in [5, 5.41) is 3.56. The smallest absolute Gasteiger partial charge is 0.339 e. The number of anilines is 1. The molecule has 1 aromatic carbocycles. The molecule has 29 heavy (non-hydrogen) atoms. The normalized spacial score (nSPS) is 13.7. The number of nitrogens with zero attached hydrogens (tertiary/aromatic N) is 3. The number of hydrogen-bond donors (Lipinski definition) is 1. The van der Waals surface area contributed by atoms with Gasteiger partial charge in [-0.2, -0.15) is 0 Å². The highest BCUT2D eigenvalue weighted by Crippen LogP contribution is 2.25. The zero-order valence-corrected chi connectivity index (χ0v) is 17.5. The lowest BCUT2D eigenvalue weighted by Crippen LogP contribution is -2.53. The van der Waals surface area contributed by atoms with Crippen molar-refractivity contribution in [3.05, 3.63) is 58.7 Å². The van der Waals surface area contributed by atoms with E-state index in [1.807, 2.05) is 15.9 Å². The number of pyridine rings is 1. The van der Waals surface area contributed by atoms with Gasteiger partial charge < -0.3 is 14.5 Å². The van der Waals surface area contributed by atoms with E-state index in [1.165, 1.54) is 6.20 Å². The van der Waals surface area contributed by atoms with Crippen LogP contribution >= 0.6 is 23.8 Å². The Hall–Kier alpha value is -2.71. The Balaban J connectivity index is 1.57. The number of carbonyl (C=O) groups is 2. The maximum absolute atomic E-state index is 12.3. The third kappa shape index (κ3) is 5.21. The molecule has 152 valence electrons. The molecule has 1 fully saturated rings. The first-order valence-electron chi connectivity index (χ1n) is 9.22. The van der Waals surface area contributed by atoms with Crippen molar-refractivity contribution < 1.29 is 14.3 Å². The van der Waals surface area contributed by atoms with Crippen LogP contribution in [0, 0.1) is 0 Å². The molecular weight excluding hydrogens is 412 g/mol. The topological polar surface area (TPSA) is 74.8 Å². The average molecular weight is 433 g/mol. The molecule has 1 saturated heterocycles. The van der Waals surface area contributed by atoms with E-state index in [9.17, 15) is 9.59 Å². The second-order valence-corrected chi connectivity index (χ2v) is 7.14. The van der Waals surface area contributed by atoms with Crippen LogP contribution in [0.3, 0.4) is 0 Å². The zero-order chi connectivity index (χ0) is 20.8. The molecule has 0 atom stereocenters. The Kier molecular flexibility index (Phi) is 7.00. The number of benzene rings is 1. The van der Waals surface area contributed by atoms with E-state index < -0.39 is 5.97 Å². The molecule has 0 saturated carbocycles. The van der Waals surface area contributed by atoms with Gasteiger partial charge in [0.05, 0.1) is 17.2 Å². The molecule has 1 aromatic heterocycles. The summed E-state index contributed by atoms with van der Waals surface area (Å²) in [6.07, 6.45) is 1.47. The molecule has 0 radical (unpaired) electrons. The molecule has 9 heteroatoms. The number of hydrogen-bond acceptors (Lipinski definition) is 6. The van der Waals surface area contributed by atoms with Crippen molar-refractivity contribution in [3.8, 4) is 0 Å². The van der Waals surface area contributed by atoms with E-state index in [0.29, 0.717) is 59.9 Å². The Morgan fingerprint density at radius 2 is 1.86 bits per heavy atom. The van der Waals surface area contributed by atoms with Gasteiger partial charge in [-0.15, -0.1) is 0 Å². The third-order valence-corrected chi connectivity index (χ3v) is 5.09. The predicted octanol–water partition coefficient (Wildman–Crippen LogP) is 2.75. The molecule has 1 N–H and O–H groups in total. The molecule has 0 spiro atoms. The number of halogens is 1. The van der Waals surface area contributed by atoms with E-state index in [4.69, 9.17) is 28.6 Å². The number of ether oxygens (including phenoxy) is 1. The van der Waals surface area contributed by atoms with Crippen LogP contribution in [-0.4, -0.2) is 59.7 Å². The molecule has 3 rings (SSSR count). The van der Waals surface area contributed by atoms with Crippen molar-refractivity contribution in [2.24, 2.45) is 0 Å². The first-order chi connectivity index (χ1) is 14.0. The highest BCUT2D eigenvalue weighted by molar-refractivity contribution is 7.80. The second kappa shape index (κ2) is 9.67. The molecular formula is C20H21ClN4O3S. The Bertz CT molecular complexity index is 902. The fraction of sp³-hybridized carbons (Fsp3) is 0.300. The number of thiocarbonyl (C=S) groups is 1. The fourth-order valence-electron chi connectivity index (χ4n) is 2.95. The maximum atomic E-state index is 12.3. The van der Waals surface area contributed by atoms with E-state index in [0.717, 1.165) is 0 Å². The van der Waals surface area contributed by atoms with Gasteiger partial charge in [0, 0.05) is 37.9 Å². The molecule has 0 aliphatic carbocycles. The lowest BCUT2D eigenvalue weighted by atomic mass is 10.2. The quantitative estimate of drug-likeness (QED) is 0.588. The fourth-order valence-corrected chi connectivity index (χ4v) is 3.51. The molecule has 1 aliphatic heterocycles. The number of rotatable bonds is 4. The summed E-state index contributed by atoms with van der Waals surface area (Å²) in [4.78, 5) is 32.4. The molecule has 2 heterocycles. The van der Waals surface area contributed by atoms with Gasteiger partial charge in [-0.25, -0.2) is 9.78 Å². The van der Waals surface area contributed by atoms with Crippen LogP contribution in [0.4, 0.5) is 5.82 Å². The van der Waals surface area contributed by atoms with Gasteiger partial charge in [0.2, 0.25) is 0 Å². The summed E-state index contributed by atoms with van der Waals surface area (Å²) in [5.41, 5.74) is 0.884. The summed E-state index contributed by atoms with van der Waals surface area (Å²) in [7, 11) is 0. The minimum absolute atomic E-state index is 0.225. The van der Waals surface area contributed by atoms with Crippen molar-refractivity contribution >= 4 is 46.6 Å². The maximum Gasteiger partial charge on any atom is 0.339 e. The summed E-state index contributed by atoms with van der Waals surface area (Å²) in [6.45, 7) is 4.53. The van der Waals surface area contributed by atoms with Gasteiger partial charge in [-0.1, -0.05) is 29.8 Å². The monoisotopic (exact) mass is 432 g/mol. The Morgan fingerprint density at radius 1 is 1.17 bits per heavy atom. The SMILES string of the molecule is CCOC(=O)c1cnc(N2CCN(C(=S)NC(=O)c3ccccc3)CC2)c(Cl)c1. The number of amides is 1. The summed E-state index contributed by atoms with van der Waals surface area (Å²) >= 11 is 11.7. The van der Waals surface area contributed by atoms with Gasteiger partial charge in [0.25, 0.3) is 5.91 Å². The van der Waals surface area contributed by atoms with Crippen molar-refractivity contribution in [2.75, 3.05) is 37.7 Å². The van der Waals surface area contributed by atoms with Crippen molar-refractivity contribution in [1.29, 1.82) is 0 Å². The first-order valence-corrected chi connectivity index (χ1v) is 10.0. The van der Waals surface area contributed by atoms with E-state index >= 15 is 0 Å². The predicted molar refractivity (Wildman–Crippen MR) is 115 cm³/mol. The molecule has 2 aromatic rings. The van der Waals surface area contributed by atoms with Crippen LogP contribution in [0.5, 0.6) is 0 Å². The molecule has 1 aliphatic rings. The van der Waals surface area contributed by atoms with Gasteiger partial charge in [0.1, 0.15) is 5.82 Å². The van der Waals surface area contributed by atoms with Crippen LogP contribution in [-0.2, 0) is 4.74 Å². The Morgan fingerprint density at radius 3 is 2.48 bits per heavy atom. The summed E-state index contributed by atoms with van der Waals surface area (Å²) < 4.78 is 4.97. The zero-order valence-electron chi connectivity index (χ0n) is 15.9.